The van der Waals surface area contributed by atoms with Gasteiger partial charge in [0.15, 0.2) is 0 Å². The van der Waals surface area contributed by atoms with E-state index >= 15 is 0 Å². The zero-order valence-corrected chi connectivity index (χ0v) is 7.03. The maximum absolute atomic E-state index is 10.6. The van der Waals surface area contributed by atoms with E-state index in [9.17, 15) is 9.59 Å². The van der Waals surface area contributed by atoms with Crippen LogP contribution in [0.25, 0.3) is 5.53 Å². The number of carbonyl (C=O) groups is 2. The molecule has 0 aliphatic carbocycles. The Morgan fingerprint density at radius 3 is 2.33 bits per heavy atom. The van der Waals surface area contributed by atoms with Gasteiger partial charge in [-0.2, -0.15) is 4.79 Å². The molecule has 0 unspecified atom stereocenters. The highest BCUT2D eigenvalue weighted by Crippen LogP contribution is 1.93. The first kappa shape index (κ1) is 10.5. The number of esters is 1. The van der Waals surface area contributed by atoms with Crippen LogP contribution < -0.4 is 0 Å². The van der Waals surface area contributed by atoms with Crippen LogP contribution >= 0.6 is 0 Å². The third-order valence-electron chi connectivity index (χ3n) is 1.32. The van der Waals surface area contributed by atoms with Gasteiger partial charge in [-0.05, 0) is 0 Å². The van der Waals surface area contributed by atoms with Gasteiger partial charge in [-0.1, -0.05) is 0 Å². The van der Waals surface area contributed by atoms with Crippen LogP contribution in [-0.4, -0.2) is 29.4 Å². The molecule has 0 aliphatic heterocycles. The van der Waals surface area contributed by atoms with Crippen LogP contribution in [0.15, 0.2) is 0 Å². The Morgan fingerprint density at radius 1 is 1.42 bits per heavy atom. The Hall–Kier alpha value is -1.48. The van der Waals surface area contributed by atoms with Gasteiger partial charge in [0.2, 0.25) is 5.78 Å². The molecule has 0 aromatic carbocycles. The van der Waals surface area contributed by atoms with Gasteiger partial charge in [0.05, 0.1) is 20.0 Å². The van der Waals surface area contributed by atoms with E-state index in [0.717, 1.165) is 0 Å². The lowest BCUT2D eigenvalue weighted by molar-refractivity contribution is -0.140. The molecule has 0 radical (unpaired) electrons. The van der Waals surface area contributed by atoms with Crippen molar-refractivity contribution in [2.75, 3.05) is 7.11 Å². The van der Waals surface area contributed by atoms with Crippen molar-refractivity contribution in [3.05, 3.63) is 5.53 Å². The number of rotatable bonds is 4. The fourth-order valence-electron chi connectivity index (χ4n) is 0.619. The smallest absolute Gasteiger partial charge is 0.334 e. The van der Waals surface area contributed by atoms with E-state index in [1.165, 1.54) is 14.0 Å². The van der Waals surface area contributed by atoms with Crippen LogP contribution in [0.1, 0.15) is 19.8 Å². The van der Waals surface area contributed by atoms with Crippen molar-refractivity contribution >= 4 is 17.5 Å². The van der Waals surface area contributed by atoms with Gasteiger partial charge in [0.1, 0.15) is 0 Å². The summed E-state index contributed by atoms with van der Waals surface area (Å²) in [5.74, 6) is -0.779. The van der Waals surface area contributed by atoms with Gasteiger partial charge in [-0.25, -0.2) is 0 Å². The number of hydrogen-bond acceptors (Lipinski definition) is 3. The second-order valence-corrected chi connectivity index (χ2v) is 2.18. The Morgan fingerprint density at radius 2 is 2.00 bits per heavy atom. The third-order valence-corrected chi connectivity index (χ3v) is 1.32. The standard InChI is InChI=1S/C7H10N2O3/c1-5(10)6(9-8)3-4-7(11)12-2/h3-4H2,1-2H3. The molecule has 0 saturated carbocycles. The van der Waals surface area contributed by atoms with Gasteiger partial charge in [-0.15, -0.1) is 0 Å². The van der Waals surface area contributed by atoms with Gasteiger partial charge in [-0.3, -0.25) is 9.59 Å². The minimum absolute atomic E-state index is 0.0135. The SMILES string of the molecule is COC(=O)CCC(=[N+]=[N-])C(C)=O. The summed E-state index contributed by atoms with van der Waals surface area (Å²) < 4.78 is 4.34. The van der Waals surface area contributed by atoms with Gasteiger partial charge in [0.25, 0.3) is 0 Å². The zero-order valence-electron chi connectivity index (χ0n) is 7.03. The summed E-state index contributed by atoms with van der Waals surface area (Å²) >= 11 is 0. The zero-order chi connectivity index (χ0) is 9.56. The minimum atomic E-state index is -0.433. The molecule has 5 heteroatoms. The highest BCUT2D eigenvalue weighted by atomic mass is 16.5. The lowest BCUT2D eigenvalue weighted by Crippen LogP contribution is -2.13. The predicted molar refractivity (Wildman–Crippen MR) is 40.6 cm³/mol. The number of methoxy groups -OCH3 is 1. The van der Waals surface area contributed by atoms with Crippen LogP contribution in [-0.2, 0) is 14.3 Å². The largest absolute Gasteiger partial charge is 0.469 e. The highest BCUT2D eigenvalue weighted by molar-refractivity contribution is 6.36. The van der Waals surface area contributed by atoms with Crippen LogP contribution in [0.4, 0.5) is 0 Å². The van der Waals surface area contributed by atoms with E-state index in [0.29, 0.717) is 0 Å². The lowest BCUT2D eigenvalue weighted by Gasteiger charge is -1.93. The first-order chi connectivity index (χ1) is 5.61. The molecule has 0 atom stereocenters. The fraction of sp³-hybridized carbons (Fsp3) is 0.571. The molecule has 0 aromatic rings. The minimum Gasteiger partial charge on any atom is -0.469 e. The number of carbonyl (C=O) groups excluding carboxylic acids is 2. The first-order valence-corrected chi connectivity index (χ1v) is 3.40. The molecule has 0 aliphatic rings. The lowest BCUT2D eigenvalue weighted by atomic mass is 10.1. The molecule has 0 spiro atoms. The molecule has 0 amide bonds. The van der Waals surface area contributed by atoms with Crippen molar-refractivity contribution in [1.82, 2.24) is 0 Å². The van der Waals surface area contributed by atoms with Crippen LogP contribution in [0.3, 0.4) is 0 Å². The van der Waals surface area contributed by atoms with E-state index in [-0.39, 0.29) is 24.3 Å². The third kappa shape index (κ3) is 3.63. The quantitative estimate of drug-likeness (QED) is 0.261. The molecular formula is C7H10N2O3. The Balaban J connectivity index is 4.00. The molecule has 12 heavy (non-hydrogen) atoms. The molecule has 5 nitrogen and oxygen atoms in total. The number of nitrogens with zero attached hydrogens (tertiary/aromatic N) is 2. The molecule has 0 fully saturated rings. The molecule has 0 heterocycles. The van der Waals surface area contributed by atoms with Crippen molar-refractivity contribution in [3.8, 4) is 0 Å². The summed E-state index contributed by atoms with van der Waals surface area (Å²) in [4.78, 5) is 24.0. The van der Waals surface area contributed by atoms with E-state index in [1.807, 2.05) is 0 Å². The number of ether oxygens (including phenoxy) is 1. The van der Waals surface area contributed by atoms with Crippen LogP contribution in [0.5, 0.6) is 0 Å². The topological polar surface area (TPSA) is 79.8 Å². The average Bonchev–Trinajstić information content (AvgIpc) is 2.04. The summed E-state index contributed by atoms with van der Waals surface area (Å²) in [6.07, 6.45) is 0.161. The van der Waals surface area contributed by atoms with Gasteiger partial charge in [0, 0.05) is 6.92 Å². The van der Waals surface area contributed by atoms with Crippen molar-refractivity contribution in [1.29, 1.82) is 0 Å². The van der Waals surface area contributed by atoms with E-state index in [2.05, 4.69) is 9.53 Å². The molecular weight excluding hydrogens is 160 g/mol. The maximum Gasteiger partial charge on any atom is 0.334 e. The first-order valence-electron chi connectivity index (χ1n) is 3.40. The van der Waals surface area contributed by atoms with Crippen LogP contribution in [0.2, 0.25) is 0 Å². The molecule has 0 saturated heterocycles. The fourth-order valence-corrected chi connectivity index (χ4v) is 0.619. The summed E-state index contributed by atoms with van der Waals surface area (Å²) in [7, 11) is 1.26. The normalized spacial score (nSPS) is 8.50. The Bertz CT molecular complexity index is 241. The van der Waals surface area contributed by atoms with E-state index in [4.69, 9.17) is 5.53 Å². The van der Waals surface area contributed by atoms with Crippen molar-refractivity contribution in [2.24, 2.45) is 0 Å². The second-order valence-electron chi connectivity index (χ2n) is 2.18. The predicted octanol–water partition coefficient (Wildman–Crippen LogP) is 0.199. The van der Waals surface area contributed by atoms with Gasteiger partial charge >= 0.3 is 11.7 Å². The highest BCUT2D eigenvalue weighted by Gasteiger charge is 2.16. The Kier molecular flexibility index (Phi) is 4.57. The Labute approximate surface area is 69.9 Å². The summed E-state index contributed by atoms with van der Waals surface area (Å²) in [5.41, 5.74) is 8.28. The molecule has 0 aromatic heterocycles. The summed E-state index contributed by atoms with van der Waals surface area (Å²) in [6.45, 7) is 1.27. The maximum atomic E-state index is 10.6. The monoisotopic (exact) mass is 170 g/mol. The molecule has 0 rings (SSSR count). The number of hydrogen-bond donors (Lipinski definition) is 0. The van der Waals surface area contributed by atoms with Crippen molar-refractivity contribution < 1.29 is 19.1 Å². The average molecular weight is 170 g/mol. The summed E-state index contributed by atoms with van der Waals surface area (Å²) in [6, 6.07) is 0. The molecule has 0 N–H and O–H groups in total. The van der Waals surface area contributed by atoms with E-state index in [1.54, 1.807) is 0 Å². The summed E-state index contributed by atoms with van der Waals surface area (Å²) in [5, 5.41) is 0. The van der Waals surface area contributed by atoms with E-state index < -0.39 is 5.97 Å². The van der Waals surface area contributed by atoms with Gasteiger partial charge < -0.3 is 10.3 Å². The van der Waals surface area contributed by atoms with Crippen LogP contribution in [0, 0.1) is 0 Å². The second kappa shape index (κ2) is 5.21. The number of ketones is 1. The number of Topliss-reactive ketones (excluding diaryl/α,β-unsaturated/α-hetero) is 1. The van der Waals surface area contributed by atoms with Crippen molar-refractivity contribution in [2.45, 2.75) is 19.8 Å². The van der Waals surface area contributed by atoms with Crippen molar-refractivity contribution in [3.63, 3.8) is 0 Å². The molecule has 0 bridgehead atoms. The molecule has 66 valence electrons.